The van der Waals surface area contributed by atoms with E-state index in [9.17, 15) is 4.21 Å². The van der Waals surface area contributed by atoms with Gasteiger partial charge in [-0.2, -0.15) is 0 Å². The molecular weight excluding hydrogens is 242 g/mol. The number of thiazole rings is 1. The molecule has 1 aliphatic heterocycles. The fourth-order valence-corrected chi connectivity index (χ4v) is 3.90. The summed E-state index contributed by atoms with van der Waals surface area (Å²) in [6, 6.07) is 0. The van der Waals surface area contributed by atoms with E-state index in [0.29, 0.717) is 6.54 Å². The quantitative estimate of drug-likeness (QED) is 0.869. The summed E-state index contributed by atoms with van der Waals surface area (Å²) in [6.07, 6.45) is 0.933. The first-order valence-corrected chi connectivity index (χ1v) is 7.83. The maximum atomic E-state index is 11.3. The fourth-order valence-electron chi connectivity index (χ4n) is 1.77. The SMILES string of the molecule is CCc1nc(N2CCS(=O)CC2)sc1CN. The summed E-state index contributed by atoms with van der Waals surface area (Å²) in [4.78, 5) is 8.02. The molecule has 0 atom stereocenters. The lowest BCUT2D eigenvalue weighted by Crippen LogP contribution is -2.37. The normalized spacial score (nSPS) is 18.0. The lowest BCUT2D eigenvalue weighted by molar-refractivity contribution is 0.673. The Morgan fingerprint density at radius 1 is 1.50 bits per heavy atom. The van der Waals surface area contributed by atoms with Crippen molar-refractivity contribution >= 4 is 27.3 Å². The zero-order valence-corrected chi connectivity index (χ0v) is 11.1. The van der Waals surface area contributed by atoms with Gasteiger partial charge in [0.25, 0.3) is 0 Å². The Morgan fingerprint density at radius 3 is 2.69 bits per heavy atom. The fraction of sp³-hybridized carbons (Fsp3) is 0.700. The van der Waals surface area contributed by atoms with E-state index in [1.165, 1.54) is 4.88 Å². The van der Waals surface area contributed by atoms with Crippen LogP contribution in [0.3, 0.4) is 0 Å². The number of aromatic nitrogens is 1. The lowest BCUT2D eigenvalue weighted by Gasteiger charge is -2.25. The summed E-state index contributed by atoms with van der Waals surface area (Å²) in [7, 11) is -0.626. The van der Waals surface area contributed by atoms with Crippen molar-refractivity contribution in [1.82, 2.24) is 4.98 Å². The number of hydrogen-bond acceptors (Lipinski definition) is 5. The van der Waals surface area contributed by atoms with Gasteiger partial charge in [-0.3, -0.25) is 4.21 Å². The molecule has 1 aliphatic rings. The molecule has 0 amide bonds. The molecular formula is C10H17N3OS2. The van der Waals surface area contributed by atoms with Gasteiger partial charge in [-0.25, -0.2) is 4.98 Å². The molecule has 4 nitrogen and oxygen atoms in total. The van der Waals surface area contributed by atoms with Crippen LogP contribution in [0.25, 0.3) is 0 Å². The minimum Gasteiger partial charge on any atom is -0.346 e. The van der Waals surface area contributed by atoms with E-state index >= 15 is 0 Å². The van der Waals surface area contributed by atoms with Crippen molar-refractivity contribution in [2.75, 3.05) is 29.5 Å². The van der Waals surface area contributed by atoms with Crippen LogP contribution in [0, 0.1) is 0 Å². The maximum Gasteiger partial charge on any atom is 0.185 e. The van der Waals surface area contributed by atoms with Gasteiger partial charge in [0.05, 0.1) is 5.69 Å². The molecule has 1 saturated heterocycles. The molecule has 1 aromatic heterocycles. The van der Waals surface area contributed by atoms with Crippen molar-refractivity contribution in [2.45, 2.75) is 19.9 Å². The number of aryl methyl sites for hydroxylation is 1. The molecule has 0 bridgehead atoms. The molecule has 2 rings (SSSR count). The van der Waals surface area contributed by atoms with Crippen molar-refractivity contribution in [2.24, 2.45) is 5.73 Å². The summed E-state index contributed by atoms with van der Waals surface area (Å²) in [5.74, 6) is 1.53. The molecule has 0 aromatic carbocycles. The third kappa shape index (κ3) is 2.44. The number of hydrogen-bond donors (Lipinski definition) is 1. The molecule has 2 heterocycles. The number of anilines is 1. The first-order valence-electron chi connectivity index (χ1n) is 5.53. The second-order valence-corrected chi connectivity index (χ2v) is 6.52. The van der Waals surface area contributed by atoms with Gasteiger partial charge in [0.15, 0.2) is 5.13 Å². The molecule has 90 valence electrons. The van der Waals surface area contributed by atoms with Crippen LogP contribution in [0.1, 0.15) is 17.5 Å². The van der Waals surface area contributed by atoms with Gasteiger partial charge >= 0.3 is 0 Å². The zero-order chi connectivity index (χ0) is 11.5. The van der Waals surface area contributed by atoms with Crippen LogP contribution in [0.15, 0.2) is 0 Å². The van der Waals surface area contributed by atoms with Crippen LogP contribution in [-0.4, -0.2) is 33.8 Å². The van der Waals surface area contributed by atoms with Gasteiger partial charge in [0.2, 0.25) is 0 Å². The van der Waals surface area contributed by atoms with Crippen molar-refractivity contribution < 1.29 is 4.21 Å². The third-order valence-electron chi connectivity index (χ3n) is 2.74. The molecule has 1 aromatic rings. The predicted molar refractivity (Wildman–Crippen MR) is 69.5 cm³/mol. The second-order valence-electron chi connectivity index (χ2n) is 3.76. The predicted octanol–water partition coefficient (Wildman–Crippen LogP) is 0.733. The van der Waals surface area contributed by atoms with Crippen molar-refractivity contribution in [3.8, 4) is 0 Å². The highest BCUT2D eigenvalue weighted by Gasteiger charge is 2.19. The first-order chi connectivity index (χ1) is 7.74. The Morgan fingerprint density at radius 2 is 2.19 bits per heavy atom. The van der Waals surface area contributed by atoms with E-state index in [0.717, 1.165) is 41.8 Å². The Hall–Kier alpha value is -0.460. The summed E-state index contributed by atoms with van der Waals surface area (Å²) < 4.78 is 11.3. The Balaban J connectivity index is 2.14. The number of rotatable bonds is 3. The number of nitrogens with two attached hydrogens (primary N) is 1. The molecule has 2 N–H and O–H groups in total. The number of nitrogens with zero attached hydrogens (tertiary/aromatic N) is 2. The van der Waals surface area contributed by atoms with Gasteiger partial charge < -0.3 is 10.6 Å². The van der Waals surface area contributed by atoms with Gasteiger partial charge in [-0.15, -0.1) is 11.3 Å². The average molecular weight is 259 g/mol. The lowest BCUT2D eigenvalue weighted by atomic mass is 10.3. The monoisotopic (exact) mass is 259 g/mol. The summed E-state index contributed by atoms with van der Waals surface area (Å²) >= 11 is 1.68. The molecule has 0 aliphatic carbocycles. The first kappa shape index (κ1) is 12.0. The van der Waals surface area contributed by atoms with Crippen LogP contribution < -0.4 is 10.6 Å². The van der Waals surface area contributed by atoms with E-state index < -0.39 is 10.8 Å². The van der Waals surface area contributed by atoms with Crippen molar-refractivity contribution in [3.63, 3.8) is 0 Å². The van der Waals surface area contributed by atoms with Crippen LogP contribution in [-0.2, 0) is 23.8 Å². The van der Waals surface area contributed by atoms with E-state index in [1.54, 1.807) is 11.3 Å². The molecule has 0 spiro atoms. The minimum atomic E-state index is -0.626. The highest BCUT2D eigenvalue weighted by atomic mass is 32.2. The molecule has 1 fully saturated rings. The van der Waals surface area contributed by atoms with E-state index in [4.69, 9.17) is 5.73 Å². The van der Waals surface area contributed by atoms with E-state index in [1.807, 2.05) is 0 Å². The summed E-state index contributed by atoms with van der Waals surface area (Å²) in [5.41, 5.74) is 6.81. The highest BCUT2D eigenvalue weighted by Crippen LogP contribution is 2.27. The van der Waals surface area contributed by atoms with E-state index in [2.05, 4.69) is 16.8 Å². The van der Waals surface area contributed by atoms with Crippen LogP contribution in [0.2, 0.25) is 0 Å². The van der Waals surface area contributed by atoms with Gasteiger partial charge in [0, 0.05) is 46.8 Å². The van der Waals surface area contributed by atoms with Crippen LogP contribution >= 0.6 is 11.3 Å². The maximum absolute atomic E-state index is 11.3. The highest BCUT2D eigenvalue weighted by molar-refractivity contribution is 7.85. The third-order valence-corrected chi connectivity index (χ3v) is 5.19. The van der Waals surface area contributed by atoms with Crippen molar-refractivity contribution in [3.05, 3.63) is 10.6 Å². The Kier molecular flexibility index (Phi) is 3.94. The van der Waals surface area contributed by atoms with Crippen LogP contribution in [0.4, 0.5) is 5.13 Å². The van der Waals surface area contributed by atoms with Gasteiger partial charge in [-0.05, 0) is 6.42 Å². The summed E-state index contributed by atoms with van der Waals surface area (Å²) in [6.45, 7) is 4.38. The smallest absolute Gasteiger partial charge is 0.185 e. The van der Waals surface area contributed by atoms with Crippen LogP contribution in [0.5, 0.6) is 0 Å². The Bertz CT molecular complexity index is 360. The summed E-state index contributed by atoms with van der Waals surface area (Å²) in [5, 5.41) is 1.05. The van der Waals surface area contributed by atoms with Gasteiger partial charge in [-0.1, -0.05) is 6.92 Å². The molecule has 0 saturated carbocycles. The minimum absolute atomic E-state index is 0.570. The Labute approximate surface area is 102 Å². The largest absolute Gasteiger partial charge is 0.346 e. The topological polar surface area (TPSA) is 59.2 Å². The average Bonchev–Trinajstić information content (AvgIpc) is 2.73. The molecule has 6 heteroatoms. The van der Waals surface area contributed by atoms with Crippen molar-refractivity contribution in [1.29, 1.82) is 0 Å². The molecule has 16 heavy (non-hydrogen) atoms. The standard InChI is InChI=1S/C10H17N3OS2/c1-2-8-9(7-11)15-10(12-8)13-3-5-16(14)6-4-13/h2-7,11H2,1H3. The van der Waals surface area contributed by atoms with E-state index in [-0.39, 0.29) is 0 Å². The second kappa shape index (κ2) is 5.25. The zero-order valence-electron chi connectivity index (χ0n) is 9.44. The molecule has 0 unspecified atom stereocenters. The molecule has 0 radical (unpaired) electrons. The van der Waals surface area contributed by atoms with Gasteiger partial charge in [0.1, 0.15) is 0 Å².